The SMILES string of the molecule is N#Cc1cnc2scc(CBr)c2c1Br. The largest absolute Gasteiger partial charge is 0.244 e. The standard InChI is InChI=1S/C9H4Br2N2S/c10-1-5-4-14-9-7(5)8(11)6(2-12)3-13-9/h3-4H,1H2. The van der Waals surface area contributed by atoms with Crippen molar-refractivity contribution in [3.05, 3.63) is 27.2 Å². The topological polar surface area (TPSA) is 36.7 Å². The van der Waals surface area contributed by atoms with Gasteiger partial charge >= 0.3 is 0 Å². The van der Waals surface area contributed by atoms with Crippen molar-refractivity contribution in [2.45, 2.75) is 5.33 Å². The molecule has 14 heavy (non-hydrogen) atoms. The van der Waals surface area contributed by atoms with Crippen LogP contribution in [0.1, 0.15) is 11.1 Å². The molecular weight excluding hydrogens is 328 g/mol. The van der Waals surface area contributed by atoms with Crippen molar-refractivity contribution in [3.8, 4) is 6.07 Å². The molecule has 0 aliphatic heterocycles. The monoisotopic (exact) mass is 330 g/mol. The molecule has 0 saturated carbocycles. The summed E-state index contributed by atoms with van der Waals surface area (Å²) in [7, 11) is 0. The summed E-state index contributed by atoms with van der Waals surface area (Å²) in [6, 6.07) is 2.11. The molecule has 0 unspecified atom stereocenters. The maximum Gasteiger partial charge on any atom is 0.124 e. The van der Waals surface area contributed by atoms with Crippen LogP contribution >= 0.6 is 43.2 Å². The van der Waals surface area contributed by atoms with Crippen molar-refractivity contribution in [3.63, 3.8) is 0 Å². The Balaban J connectivity index is 2.85. The van der Waals surface area contributed by atoms with Gasteiger partial charge < -0.3 is 0 Å². The van der Waals surface area contributed by atoms with Gasteiger partial charge in [-0.2, -0.15) is 5.26 Å². The summed E-state index contributed by atoms with van der Waals surface area (Å²) in [5.74, 6) is 0. The minimum absolute atomic E-state index is 0.582. The fourth-order valence-electron chi connectivity index (χ4n) is 1.20. The zero-order valence-electron chi connectivity index (χ0n) is 6.92. The molecule has 2 aromatic heterocycles. The maximum atomic E-state index is 8.85. The highest BCUT2D eigenvalue weighted by Gasteiger charge is 2.11. The number of hydrogen-bond donors (Lipinski definition) is 0. The van der Waals surface area contributed by atoms with Gasteiger partial charge in [-0.25, -0.2) is 4.98 Å². The average Bonchev–Trinajstić information content (AvgIpc) is 2.62. The zero-order valence-corrected chi connectivity index (χ0v) is 10.9. The third-order valence-corrected chi connectivity index (χ3v) is 4.24. The first kappa shape index (κ1) is 10.1. The predicted octanol–water partition coefficient (Wildman–Crippen LogP) is 3.83. The highest BCUT2D eigenvalue weighted by molar-refractivity contribution is 9.10. The lowest BCUT2D eigenvalue weighted by Gasteiger charge is -1.98. The Morgan fingerprint density at radius 3 is 3.00 bits per heavy atom. The molecule has 0 saturated heterocycles. The molecular formula is C9H4Br2N2S. The molecule has 0 radical (unpaired) electrons. The van der Waals surface area contributed by atoms with Gasteiger partial charge in [0.05, 0.1) is 5.56 Å². The van der Waals surface area contributed by atoms with Gasteiger partial charge in [0.25, 0.3) is 0 Å². The fourth-order valence-corrected chi connectivity index (χ4v) is 3.54. The molecule has 0 fully saturated rings. The van der Waals surface area contributed by atoms with Crippen molar-refractivity contribution in [2.75, 3.05) is 0 Å². The normalized spacial score (nSPS) is 10.4. The molecule has 0 atom stereocenters. The molecule has 0 spiro atoms. The number of rotatable bonds is 1. The summed E-state index contributed by atoms with van der Waals surface area (Å²) in [5.41, 5.74) is 1.75. The Labute approximate surface area is 102 Å². The van der Waals surface area contributed by atoms with Gasteiger partial charge in [-0.1, -0.05) is 15.9 Å². The van der Waals surface area contributed by atoms with Crippen LogP contribution in [0.15, 0.2) is 16.0 Å². The van der Waals surface area contributed by atoms with Gasteiger partial charge in [0.15, 0.2) is 0 Å². The van der Waals surface area contributed by atoms with Gasteiger partial charge in [-0.3, -0.25) is 0 Å². The second-order valence-corrected chi connectivity index (χ2v) is 4.88. The molecule has 0 bridgehead atoms. The number of pyridine rings is 1. The highest BCUT2D eigenvalue weighted by atomic mass is 79.9. The van der Waals surface area contributed by atoms with Gasteiger partial charge in [-0.15, -0.1) is 11.3 Å². The second-order valence-electron chi connectivity index (χ2n) is 2.67. The first-order valence-corrected chi connectivity index (χ1v) is 6.58. The number of halogens is 2. The summed E-state index contributed by atoms with van der Waals surface area (Å²) in [5, 5.41) is 12.7. The summed E-state index contributed by atoms with van der Waals surface area (Å²) >= 11 is 8.44. The van der Waals surface area contributed by atoms with Gasteiger partial charge in [0.2, 0.25) is 0 Å². The lowest BCUT2D eigenvalue weighted by molar-refractivity contribution is 1.37. The van der Waals surface area contributed by atoms with E-state index in [-0.39, 0.29) is 0 Å². The van der Waals surface area contributed by atoms with Gasteiger partial charge in [-0.05, 0) is 26.9 Å². The summed E-state index contributed by atoms with van der Waals surface area (Å²) in [6.07, 6.45) is 1.60. The minimum atomic E-state index is 0.582. The number of fused-ring (bicyclic) bond motifs is 1. The van der Waals surface area contributed by atoms with Gasteiger partial charge in [0, 0.05) is 21.4 Å². The van der Waals surface area contributed by atoms with E-state index in [0.717, 1.165) is 20.0 Å². The van der Waals surface area contributed by atoms with Crippen LogP contribution in [0, 0.1) is 11.3 Å². The van der Waals surface area contributed by atoms with E-state index in [2.05, 4.69) is 48.3 Å². The Morgan fingerprint density at radius 2 is 2.36 bits per heavy atom. The number of nitriles is 1. The van der Waals surface area contributed by atoms with E-state index in [4.69, 9.17) is 5.26 Å². The third kappa shape index (κ3) is 1.48. The average molecular weight is 332 g/mol. The van der Waals surface area contributed by atoms with E-state index in [9.17, 15) is 0 Å². The number of nitrogens with zero attached hydrogens (tertiary/aromatic N) is 2. The lowest BCUT2D eigenvalue weighted by atomic mass is 10.2. The predicted molar refractivity (Wildman–Crippen MR) is 64.7 cm³/mol. The number of thiophene rings is 1. The van der Waals surface area contributed by atoms with E-state index < -0.39 is 0 Å². The Bertz CT molecular complexity index is 527. The van der Waals surface area contributed by atoms with Crippen LogP contribution in [0.25, 0.3) is 10.2 Å². The molecule has 2 heterocycles. The molecule has 0 N–H and O–H groups in total. The number of aromatic nitrogens is 1. The van der Waals surface area contributed by atoms with Crippen LogP contribution in [-0.4, -0.2) is 4.98 Å². The van der Waals surface area contributed by atoms with E-state index in [1.165, 1.54) is 5.56 Å². The van der Waals surface area contributed by atoms with Crippen LogP contribution in [0.3, 0.4) is 0 Å². The van der Waals surface area contributed by atoms with E-state index in [1.54, 1.807) is 17.5 Å². The van der Waals surface area contributed by atoms with Crippen LogP contribution < -0.4 is 0 Å². The quantitative estimate of drug-likeness (QED) is 0.745. The molecule has 2 aromatic rings. The first-order valence-electron chi connectivity index (χ1n) is 3.78. The molecule has 0 amide bonds. The smallest absolute Gasteiger partial charge is 0.124 e. The van der Waals surface area contributed by atoms with Crippen LogP contribution in [0.2, 0.25) is 0 Å². The molecule has 0 aromatic carbocycles. The van der Waals surface area contributed by atoms with Crippen LogP contribution in [0.4, 0.5) is 0 Å². The second kappa shape index (κ2) is 3.97. The molecule has 70 valence electrons. The zero-order chi connectivity index (χ0) is 10.1. The fraction of sp³-hybridized carbons (Fsp3) is 0.111. The lowest BCUT2D eigenvalue weighted by Crippen LogP contribution is -1.83. The minimum Gasteiger partial charge on any atom is -0.244 e. The summed E-state index contributed by atoms with van der Waals surface area (Å²) < 4.78 is 0.848. The molecule has 0 aliphatic carbocycles. The molecule has 5 heteroatoms. The summed E-state index contributed by atoms with van der Waals surface area (Å²) in [6.45, 7) is 0. The molecule has 2 nitrogen and oxygen atoms in total. The van der Waals surface area contributed by atoms with E-state index >= 15 is 0 Å². The summed E-state index contributed by atoms with van der Waals surface area (Å²) in [4.78, 5) is 5.19. The van der Waals surface area contributed by atoms with Crippen molar-refractivity contribution >= 4 is 53.4 Å². The Hall–Kier alpha value is -0.440. The molecule has 2 rings (SSSR count). The van der Waals surface area contributed by atoms with E-state index in [1.807, 2.05) is 0 Å². The maximum absolute atomic E-state index is 8.85. The van der Waals surface area contributed by atoms with Gasteiger partial charge in [0.1, 0.15) is 10.9 Å². The van der Waals surface area contributed by atoms with Crippen LogP contribution in [-0.2, 0) is 5.33 Å². The van der Waals surface area contributed by atoms with Crippen molar-refractivity contribution < 1.29 is 0 Å². The van der Waals surface area contributed by atoms with Crippen molar-refractivity contribution in [1.82, 2.24) is 4.98 Å². The number of alkyl halides is 1. The third-order valence-electron chi connectivity index (χ3n) is 1.88. The van der Waals surface area contributed by atoms with Crippen LogP contribution in [0.5, 0.6) is 0 Å². The Kier molecular flexibility index (Phi) is 2.86. The highest BCUT2D eigenvalue weighted by Crippen LogP contribution is 2.33. The van der Waals surface area contributed by atoms with E-state index in [0.29, 0.717) is 5.56 Å². The first-order chi connectivity index (χ1) is 6.77. The van der Waals surface area contributed by atoms with Crippen molar-refractivity contribution in [1.29, 1.82) is 5.26 Å². The Morgan fingerprint density at radius 1 is 1.57 bits per heavy atom. The molecule has 0 aliphatic rings. The van der Waals surface area contributed by atoms with Crippen molar-refractivity contribution in [2.24, 2.45) is 0 Å². The number of hydrogen-bond acceptors (Lipinski definition) is 3.